The standard InChI is InChI=1S/C27H39NO5Si/c1-16(2)24(29)31-19-11-12-27(30)20-15-17-9-10-18(33-34(7,8)25(3,4)5)22-21(17)26(27,23(19)32-22)13-14-28(20)6/h9-11,16,20,23,30H,12-15H2,1-8H3/t20-,23+,26+,27-/m1/s1. The number of ether oxygens (including phenoxy) is 2. The van der Waals surface area contributed by atoms with E-state index in [9.17, 15) is 9.90 Å². The van der Waals surface area contributed by atoms with Gasteiger partial charge in [0.05, 0.1) is 16.9 Å². The van der Waals surface area contributed by atoms with E-state index >= 15 is 0 Å². The van der Waals surface area contributed by atoms with Gasteiger partial charge >= 0.3 is 5.97 Å². The molecule has 186 valence electrons. The van der Waals surface area contributed by atoms with E-state index in [1.807, 2.05) is 26.0 Å². The molecule has 4 atom stereocenters. The van der Waals surface area contributed by atoms with Crippen molar-refractivity contribution in [3.63, 3.8) is 0 Å². The summed E-state index contributed by atoms with van der Waals surface area (Å²) in [4.78, 5) is 14.9. The highest BCUT2D eigenvalue weighted by atomic mass is 28.4. The summed E-state index contributed by atoms with van der Waals surface area (Å²) in [6, 6.07) is 4.20. The second-order valence-corrected chi connectivity index (χ2v) is 17.2. The number of hydrogen-bond donors (Lipinski definition) is 1. The summed E-state index contributed by atoms with van der Waals surface area (Å²) in [5.41, 5.74) is 0.637. The van der Waals surface area contributed by atoms with Crippen LogP contribution in [0.2, 0.25) is 18.1 Å². The molecule has 34 heavy (non-hydrogen) atoms. The summed E-state index contributed by atoms with van der Waals surface area (Å²) in [5.74, 6) is 1.51. The molecular weight excluding hydrogens is 446 g/mol. The normalized spacial score (nSPS) is 32.1. The third kappa shape index (κ3) is 3.02. The van der Waals surface area contributed by atoms with Crippen LogP contribution in [0.3, 0.4) is 0 Å². The first-order chi connectivity index (χ1) is 15.7. The zero-order valence-electron chi connectivity index (χ0n) is 21.8. The Hall–Kier alpha value is -1.83. The van der Waals surface area contributed by atoms with Gasteiger partial charge in [0.15, 0.2) is 11.9 Å². The second kappa shape index (κ2) is 7.34. The molecule has 2 bridgehead atoms. The minimum atomic E-state index is -2.13. The van der Waals surface area contributed by atoms with Gasteiger partial charge in [0.1, 0.15) is 11.5 Å². The van der Waals surface area contributed by atoms with Gasteiger partial charge in [-0.1, -0.05) is 40.7 Å². The summed E-state index contributed by atoms with van der Waals surface area (Å²) in [7, 11) is -0.0299. The average molecular weight is 486 g/mol. The van der Waals surface area contributed by atoms with Crippen molar-refractivity contribution in [3.8, 4) is 11.5 Å². The Labute approximate surface area is 204 Å². The number of nitrogens with zero attached hydrogens (tertiary/aromatic N) is 1. The molecule has 1 N–H and O–H groups in total. The number of hydrogen-bond acceptors (Lipinski definition) is 6. The van der Waals surface area contributed by atoms with E-state index in [-0.39, 0.29) is 23.0 Å². The maximum atomic E-state index is 12.6. The van der Waals surface area contributed by atoms with E-state index in [1.54, 1.807) is 0 Å². The van der Waals surface area contributed by atoms with Crippen molar-refractivity contribution in [1.82, 2.24) is 4.90 Å². The van der Waals surface area contributed by atoms with Crippen molar-refractivity contribution in [1.29, 1.82) is 0 Å². The SMILES string of the molecule is CC(C)C(=O)OC1=CC[C@@]2(O)[C@H]3Cc4ccc(O[Si](C)(C)C(C)(C)C)c5c4[C@@]2(CCN3C)[C@H]1O5. The van der Waals surface area contributed by atoms with Crippen molar-refractivity contribution >= 4 is 14.3 Å². The molecule has 1 saturated heterocycles. The molecule has 0 unspecified atom stereocenters. The number of benzene rings is 1. The van der Waals surface area contributed by atoms with Crippen LogP contribution in [-0.2, 0) is 21.4 Å². The van der Waals surface area contributed by atoms with Crippen molar-refractivity contribution in [2.45, 2.75) is 95.2 Å². The molecule has 2 aliphatic carbocycles. The first-order valence-corrected chi connectivity index (χ1v) is 15.5. The maximum absolute atomic E-state index is 12.6. The Morgan fingerprint density at radius 2 is 2.00 bits per heavy atom. The molecule has 1 spiro atoms. The Bertz CT molecular complexity index is 1070. The Morgan fingerprint density at radius 3 is 2.65 bits per heavy atom. The Balaban J connectivity index is 1.68. The van der Waals surface area contributed by atoms with Gasteiger partial charge in [-0.05, 0) is 62.3 Å². The van der Waals surface area contributed by atoms with Crippen LogP contribution in [0.1, 0.15) is 58.6 Å². The van der Waals surface area contributed by atoms with Crippen LogP contribution < -0.4 is 9.16 Å². The van der Waals surface area contributed by atoms with Crippen LogP contribution in [0.25, 0.3) is 0 Å². The summed E-state index contributed by atoms with van der Waals surface area (Å²) in [6.07, 6.45) is 3.29. The molecule has 1 aromatic carbocycles. The van der Waals surface area contributed by atoms with Gasteiger partial charge in [-0.15, -0.1) is 0 Å². The summed E-state index contributed by atoms with van der Waals surface area (Å²) < 4.78 is 19.4. The highest BCUT2D eigenvalue weighted by Gasteiger charge is 2.72. The van der Waals surface area contributed by atoms with Crippen molar-refractivity contribution in [2.75, 3.05) is 13.6 Å². The van der Waals surface area contributed by atoms with Gasteiger partial charge in [-0.25, -0.2) is 0 Å². The third-order valence-corrected chi connectivity index (χ3v) is 13.5. The van der Waals surface area contributed by atoms with E-state index in [0.29, 0.717) is 12.2 Å². The quantitative estimate of drug-likeness (QED) is 0.499. The molecule has 1 fully saturated rings. The lowest BCUT2D eigenvalue weighted by Crippen LogP contribution is -2.74. The molecule has 0 amide bonds. The summed E-state index contributed by atoms with van der Waals surface area (Å²) in [5, 5.41) is 12.4. The molecule has 1 aromatic rings. The lowest BCUT2D eigenvalue weighted by Gasteiger charge is -2.61. The number of piperidine rings is 1. The van der Waals surface area contributed by atoms with Gasteiger partial charge in [-0.3, -0.25) is 4.79 Å². The van der Waals surface area contributed by atoms with E-state index in [4.69, 9.17) is 13.9 Å². The molecule has 0 radical (unpaired) electrons. The molecule has 5 rings (SSSR count). The van der Waals surface area contributed by atoms with Crippen molar-refractivity contribution in [3.05, 3.63) is 35.1 Å². The largest absolute Gasteiger partial charge is 0.541 e. The van der Waals surface area contributed by atoms with E-state index < -0.39 is 25.4 Å². The van der Waals surface area contributed by atoms with Gasteiger partial charge in [-0.2, -0.15) is 0 Å². The monoisotopic (exact) mass is 485 g/mol. The van der Waals surface area contributed by atoms with Crippen molar-refractivity contribution in [2.24, 2.45) is 5.92 Å². The predicted octanol–water partition coefficient (Wildman–Crippen LogP) is 4.55. The number of likely N-dealkylation sites (N-methyl/N-ethyl adjacent to an activating group) is 1. The van der Waals surface area contributed by atoms with Crippen LogP contribution in [0.15, 0.2) is 24.0 Å². The van der Waals surface area contributed by atoms with Gasteiger partial charge < -0.3 is 23.9 Å². The van der Waals surface area contributed by atoms with E-state index in [1.165, 1.54) is 5.56 Å². The number of carbonyl (C=O) groups excluding carboxylic acids is 1. The minimum absolute atomic E-state index is 0.0171. The number of carbonyl (C=O) groups is 1. The molecular formula is C27H39NO5Si. The highest BCUT2D eigenvalue weighted by Crippen LogP contribution is 2.65. The molecule has 4 aliphatic rings. The first kappa shape index (κ1) is 23.9. The van der Waals surface area contributed by atoms with Gasteiger partial charge in [0.2, 0.25) is 0 Å². The molecule has 2 aliphatic heterocycles. The fraction of sp³-hybridized carbons (Fsp3) is 0.667. The Kier molecular flexibility index (Phi) is 5.16. The maximum Gasteiger partial charge on any atom is 0.313 e. The first-order valence-electron chi connectivity index (χ1n) is 12.6. The van der Waals surface area contributed by atoms with Crippen LogP contribution in [-0.4, -0.2) is 55.6 Å². The third-order valence-electron chi connectivity index (χ3n) is 9.20. The second-order valence-electron chi connectivity index (χ2n) is 12.5. The number of aliphatic hydroxyl groups is 1. The zero-order valence-corrected chi connectivity index (χ0v) is 22.8. The van der Waals surface area contributed by atoms with Crippen LogP contribution in [0.5, 0.6) is 11.5 Å². The summed E-state index contributed by atoms with van der Waals surface area (Å²) >= 11 is 0. The summed E-state index contributed by atoms with van der Waals surface area (Å²) in [6.45, 7) is 15.7. The molecule has 7 heteroatoms. The zero-order chi connectivity index (χ0) is 24.8. The fourth-order valence-corrected chi connectivity index (χ4v) is 7.19. The lowest BCUT2D eigenvalue weighted by molar-refractivity contribution is -0.170. The Morgan fingerprint density at radius 1 is 1.29 bits per heavy atom. The van der Waals surface area contributed by atoms with E-state index in [0.717, 1.165) is 36.4 Å². The fourth-order valence-electron chi connectivity index (χ4n) is 6.17. The predicted molar refractivity (Wildman–Crippen MR) is 134 cm³/mol. The molecule has 6 nitrogen and oxygen atoms in total. The minimum Gasteiger partial charge on any atom is -0.541 e. The van der Waals surface area contributed by atoms with E-state index in [2.05, 4.69) is 51.9 Å². The van der Waals surface area contributed by atoms with Gasteiger partial charge in [0.25, 0.3) is 8.32 Å². The van der Waals surface area contributed by atoms with Crippen molar-refractivity contribution < 1.29 is 23.8 Å². The van der Waals surface area contributed by atoms with Crippen LogP contribution in [0, 0.1) is 5.92 Å². The smallest absolute Gasteiger partial charge is 0.313 e. The molecule has 0 aromatic heterocycles. The van der Waals surface area contributed by atoms with Crippen LogP contribution >= 0.6 is 0 Å². The number of esters is 1. The number of rotatable bonds is 4. The number of likely N-dealkylation sites (tertiary alicyclic amines) is 1. The topological polar surface area (TPSA) is 68.2 Å². The average Bonchev–Trinajstić information content (AvgIpc) is 3.08. The van der Waals surface area contributed by atoms with Crippen LogP contribution in [0.4, 0.5) is 0 Å². The molecule has 0 saturated carbocycles. The lowest BCUT2D eigenvalue weighted by atomic mass is 9.50. The molecule has 2 heterocycles. The highest BCUT2D eigenvalue weighted by molar-refractivity contribution is 6.74. The van der Waals surface area contributed by atoms with Gasteiger partial charge in [0, 0.05) is 18.0 Å².